The van der Waals surface area contributed by atoms with E-state index >= 15 is 0 Å². The summed E-state index contributed by atoms with van der Waals surface area (Å²) in [5.74, 6) is -0.781. The number of hydrogen-bond acceptors (Lipinski definition) is 4. The fourth-order valence-electron chi connectivity index (χ4n) is 3.06. The van der Waals surface area contributed by atoms with Crippen molar-refractivity contribution in [2.75, 3.05) is 20.2 Å². The molecule has 3 rings (SSSR count). The van der Waals surface area contributed by atoms with E-state index in [1.54, 1.807) is 31.3 Å². The average Bonchev–Trinajstić information content (AvgIpc) is 3.21. The van der Waals surface area contributed by atoms with Crippen molar-refractivity contribution in [2.45, 2.75) is 30.4 Å². The highest BCUT2D eigenvalue weighted by Crippen LogP contribution is 2.17. The molecule has 1 aliphatic heterocycles. The standard InChI is InChI=1S/C20H23FN2O4S/c1-23(14-16-6-2-3-10-19(16)21)20(24)15-7-4-9-18(12-15)28(25,26)22-13-17-8-5-11-27-17/h2-4,6-7,9-10,12,17,22H,5,8,11,13-14H2,1H3. The summed E-state index contributed by atoms with van der Waals surface area (Å²) in [7, 11) is -2.21. The van der Waals surface area contributed by atoms with E-state index in [0.29, 0.717) is 12.2 Å². The number of amides is 1. The lowest BCUT2D eigenvalue weighted by Gasteiger charge is -2.18. The molecule has 0 saturated carbocycles. The SMILES string of the molecule is CN(Cc1ccccc1F)C(=O)c1cccc(S(=O)(=O)NCC2CCCO2)c1. The number of carbonyl (C=O) groups is 1. The summed E-state index contributed by atoms with van der Waals surface area (Å²) in [6.45, 7) is 0.929. The van der Waals surface area contributed by atoms with Crippen LogP contribution in [0.1, 0.15) is 28.8 Å². The smallest absolute Gasteiger partial charge is 0.253 e. The monoisotopic (exact) mass is 406 g/mol. The van der Waals surface area contributed by atoms with Crippen molar-refractivity contribution in [2.24, 2.45) is 0 Å². The van der Waals surface area contributed by atoms with E-state index in [9.17, 15) is 17.6 Å². The van der Waals surface area contributed by atoms with Gasteiger partial charge in [-0.2, -0.15) is 0 Å². The molecule has 1 atom stereocenters. The van der Waals surface area contributed by atoms with Crippen LogP contribution in [0.3, 0.4) is 0 Å². The Morgan fingerprint density at radius 2 is 2.04 bits per heavy atom. The molecule has 0 radical (unpaired) electrons. The van der Waals surface area contributed by atoms with Gasteiger partial charge in [-0.25, -0.2) is 17.5 Å². The minimum absolute atomic E-state index is 0.00985. The molecule has 1 aliphatic rings. The van der Waals surface area contributed by atoms with Gasteiger partial charge in [-0.3, -0.25) is 4.79 Å². The van der Waals surface area contributed by atoms with Gasteiger partial charge in [0.05, 0.1) is 11.0 Å². The number of benzene rings is 2. The van der Waals surface area contributed by atoms with Crippen LogP contribution >= 0.6 is 0 Å². The third kappa shape index (κ3) is 4.95. The predicted molar refractivity (Wildman–Crippen MR) is 103 cm³/mol. The second-order valence-electron chi connectivity index (χ2n) is 6.77. The second kappa shape index (κ2) is 8.81. The number of rotatable bonds is 7. The molecule has 2 aromatic carbocycles. The second-order valence-corrected chi connectivity index (χ2v) is 8.53. The molecule has 8 heteroatoms. The third-order valence-electron chi connectivity index (χ3n) is 4.63. The van der Waals surface area contributed by atoms with E-state index in [0.717, 1.165) is 12.8 Å². The van der Waals surface area contributed by atoms with E-state index < -0.39 is 15.8 Å². The summed E-state index contributed by atoms with van der Waals surface area (Å²) in [6.07, 6.45) is 1.62. The maximum atomic E-state index is 13.8. The van der Waals surface area contributed by atoms with E-state index in [2.05, 4.69) is 4.72 Å². The molecule has 0 aromatic heterocycles. The lowest BCUT2D eigenvalue weighted by atomic mass is 10.1. The van der Waals surface area contributed by atoms with Crippen molar-refractivity contribution in [3.63, 3.8) is 0 Å². The first-order valence-electron chi connectivity index (χ1n) is 9.07. The zero-order chi connectivity index (χ0) is 20.1. The van der Waals surface area contributed by atoms with Crippen LogP contribution in [0, 0.1) is 5.82 Å². The molecular weight excluding hydrogens is 383 g/mol. The van der Waals surface area contributed by atoms with Crippen molar-refractivity contribution in [3.8, 4) is 0 Å². The van der Waals surface area contributed by atoms with E-state index in [4.69, 9.17) is 4.74 Å². The number of carbonyl (C=O) groups excluding carboxylic acids is 1. The summed E-state index contributed by atoms with van der Waals surface area (Å²) in [5.41, 5.74) is 0.610. The maximum Gasteiger partial charge on any atom is 0.253 e. The Morgan fingerprint density at radius 3 is 2.75 bits per heavy atom. The Kier molecular flexibility index (Phi) is 6.43. The van der Waals surface area contributed by atoms with Gasteiger partial charge in [-0.15, -0.1) is 0 Å². The number of sulfonamides is 1. The molecule has 1 saturated heterocycles. The van der Waals surface area contributed by atoms with Crippen LogP contribution in [0.25, 0.3) is 0 Å². The predicted octanol–water partition coefficient (Wildman–Crippen LogP) is 2.56. The molecule has 150 valence electrons. The highest BCUT2D eigenvalue weighted by molar-refractivity contribution is 7.89. The Morgan fingerprint density at radius 1 is 1.25 bits per heavy atom. The summed E-state index contributed by atoms with van der Waals surface area (Å²) in [5, 5.41) is 0. The van der Waals surface area contributed by atoms with Crippen molar-refractivity contribution in [1.29, 1.82) is 0 Å². The molecule has 1 N–H and O–H groups in total. The highest BCUT2D eigenvalue weighted by atomic mass is 32.2. The maximum absolute atomic E-state index is 13.8. The van der Waals surface area contributed by atoms with E-state index in [1.807, 2.05) is 0 Å². The molecule has 0 aliphatic carbocycles. The number of ether oxygens (including phenoxy) is 1. The van der Waals surface area contributed by atoms with Crippen LogP contribution in [0.4, 0.5) is 4.39 Å². The van der Waals surface area contributed by atoms with Crippen LogP contribution in [0.5, 0.6) is 0 Å². The van der Waals surface area contributed by atoms with Gasteiger partial charge in [0.15, 0.2) is 0 Å². The van der Waals surface area contributed by atoms with Gasteiger partial charge in [-0.1, -0.05) is 24.3 Å². The zero-order valence-electron chi connectivity index (χ0n) is 15.6. The molecule has 0 spiro atoms. The van der Waals surface area contributed by atoms with Crippen LogP contribution in [-0.4, -0.2) is 45.5 Å². The van der Waals surface area contributed by atoms with Crippen LogP contribution in [0.2, 0.25) is 0 Å². The Balaban J connectivity index is 1.70. The Bertz CT molecular complexity index is 943. The molecule has 6 nitrogen and oxygen atoms in total. The van der Waals surface area contributed by atoms with E-state index in [1.165, 1.54) is 29.2 Å². The van der Waals surface area contributed by atoms with Crippen LogP contribution in [-0.2, 0) is 21.3 Å². The lowest BCUT2D eigenvalue weighted by molar-refractivity contribution is 0.0783. The molecule has 0 bridgehead atoms. The topological polar surface area (TPSA) is 75.7 Å². The van der Waals surface area contributed by atoms with Crippen LogP contribution < -0.4 is 4.72 Å². The van der Waals surface area contributed by atoms with Crippen molar-refractivity contribution >= 4 is 15.9 Å². The number of nitrogens with one attached hydrogen (secondary N) is 1. The summed E-state index contributed by atoms with van der Waals surface area (Å²) in [4.78, 5) is 14.0. The normalized spacial score (nSPS) is 16.9. The number of nitrogens with zero attached hydrogens (tertiary/aromatic N) is 1. The Hall–Kier alpha value is -2.29. The molecule has 28 heavy (non-hydrogen) atoms. The molecule has 1 heterocycles. The Labute approximate surface area is 164 Å². The third-order valence-corrected chi connectivity index (χ3v) is 6.05. The lowest BCUT2D eigenvalue weighted by Crippen LogP contribution is -2.32. The molecule has 1 amide bonds. The van der Waals surface area contributed by atoms with Gasteiger partial charge in [0.1, 0.15) is 5.82 Å². The first-order valence-corrected chi connectivity index (χ1v) is 10.6. The first-order chi connectivity index (χ1) is 13.4. The summed E-state index contributed by atoms with van der Waals surface area (Å²) < 4.78 is 46.8. The van der Waals surface area contributed by atoms with Gasteiger partial charge in [0, 0.05) is 37.9 Å². The summed E-state index contributed by atoms with van der Waals surface area (Å²) in [6, 6.07) is 12.0. The zero-order valence-corrected chi connectivity index (χ0v) is 16.4. The fourth-order valence-corrected chi connectivity index (χ4v) is 4.17. The van der Waals surface area contributed by atoms with Gasteiger partial charge < -0.3 is 9.64 Å². The van der Waals surface area contributed by atoms with Crippen molar-refractivity contribution in [1.82, 2.24) is 9.62 Å². The van der Waals surface area contributed by atoms with Gasteiger partial charge in [0.2, 0.25) is 10.0 Å². The molecule has 2 aromatic rings. The summed E-state index contributed by atoms with van der Waals surface area (Å²) >= 11 is 0. The molecule has 1 unspecified atom stereocenters. The van der Waals surface area contributed by atoms with Gasteiger partial charge >= 0.3 is 0 Å². The molecule has 1 fully saturated rings. The van der Waals surface area contributed by atoms with Gasteiger partial charge in [-0.05, 0) is 37.1 Å². The minimum Gasteiger partial charge on any atom is -0.377 e. The van der Waals surface area contributed by atoms with Crippen molar-refractivity contribution in [3.05, 3.63) is 65.5 Å². The fraction of sp³-hybridized carbons (Fsp3) is 0.350. The van der Waals surface area contributed by atoms with Crippen LogP contribution in [0.15, 0.2) is 53.4 Å². The number of halogens is 1. The first kappa shape index (κ1) is 20.4. The van der Waals surface area contributed by atoms with Gasteiger partial charge in [0.25, 0.3) is 5.91 Å². The highest BCUT2D eigenvalue weighted by Gasteiger charge is 2.22. The largest absolute Gasteiger partial charge is 0.377 e. The quantitative estimate of drug-likeness (QED) is 0.767. The molecular formula is C20H23FN2O4S. The minimum atomic E-state index is -3.76. The average molecular weight is 406 g/mol. The van der Waals surface area contributed by atoms with Crippen molar-refractivity contribution < 1.29 is 22.3 Å². The van der Waals surface area contributed by atoms with E-state index in [-0.39, 0.29) is 35.6 Å². The number of hydrogen-bond donors (Lipinski definition) is 1.